The van der Waals surface area contributed by atoms with Crippen LogP contribution in [0.2, 0.25) is 0 Å². The summed E-state index contributed by atoms with van der Waals surface area (Å²) in [4.78, 5) is 0. The molecule has 0 atom stereocenters. The topological polar surface area (TPSA) is 47.9 Å². The minimum Gasteiger partial charge on any atom is -0.497 e. The number of hydrogen-bond donors (Lipinski definition) is 1. The Balaban J connectivity index is 2.43. The summed E-state index contributed by atoms with van der Waals surface area (Å²) in [7, 11) is 4.78. The number of aliphatic hydroxyl groups is 1. The highest BCUT2D eigenvalue weighted by atomic mass is 16.5. The molecule has 0 spiro atoms. The molecule has 0 aliphatic rings. The Bertz CT molecular complexity index is 830. The SMILES string of the molecule is COc1ccc(C#Cc2cc(OC)c(OC)cc2C#CCCO)cc1. The van der Waals surface area contributed by atoms with Crippen molar-refractivity contribution < 1.29 is 19.3 Å². The van der Waals surface area contributed by atoms with E-state index in [-0.39, 0.29) is 6.61 Å². The van der Waals surface area contributed by atoms with Crippen molar-refractivity contribution in [2.45, 2.75) is 6.42 Å². The van der Waals surface area contributed by atoms with Gasteiger partial charge in [0.1, 0.15) is 5.75 Å². The summed E-state index contributed by atoms with van der Waals surface area (Å²) in [5, 5.41) is 8.91. The number of benzene rings is 2. The molecule has 2 rings (SSSR count). The molecule has 0 saturated heterocycles. The second kappa shape index (κ2) is 9.27. The third-order valence-corrected chi connectivity index (χ3v) is 3.42. The molecule has 25 heavy (non-hydrogen) atoms. The van der Waals surface area contributed by atoms with Crippen molar-refractivity contribution in [3.63, 3.8) is 0 Å². The van der Waals surface area contributed by atoms with Crippen LogP contribution in [-0.2, 0) is 0 Å². The summed E-state index contributed by atoms with van der Waals surface area (Å²) >= 11 is 0. The van der Waals surface area contributed by atoms with E-state index in [1.54, 1.807) is 33.5 Å². The van der Waals surface area contributed by atoms with Crippen LogP contribution in [0.15, 0.2) is 36.4 Å². The lowest BCUT2D eigenvalue weighted by Gasteiger charge is -2.09. The molecule has 128 valence electrons. The van der Waals surface area contributed by atoms with Crippen molar-refractivity contribution in [1.29, 1.82) is 0 Å². The summed E-state index contributed by atoms with van der Waals surface area (Å²) in [6.45, 7) is 0.0210. The van der Waals surface area contributed by atoms with Crippen molar-refractivity contribution >= 4 is 0 Å². The lowest BCUT2D eigenvalue weighted by atomic mass is 10.1. The fourth-order valence-electron chi connectivity index (χ4n) is 2.11. The monoisotopic (exact) mass is 336 g/mol. The quantitative estimate of drug-likeness (QED) is 0.872. The van der Waals surface area contributed by atoms with E-state index in [0.29, 0.717) is 17.9 Å². The number of aliphatic hydroxyl groups excluding tert-OH is 1. The van der Waals surface area contributed by atoms with E-state index >= 15 is 0 Å². The van der Waals surface area contributed by atoms with E-state index in [0.717, 1.165) is 22.4 Å². The van der Waals surface area contributed by atoms with Crippen molar-refractivity contribution in [2.75, 3.05) is 27.9 Å². The van der Waals surface area contributed by atoms with Gasteiger partial charge in [-0.2, -0.15) is 0 Å². The van der Waals surface area contributed by atoms with Gasteiger partial charge in [0.15, 0.2) is 11.5 Å². The van der Waals surface area contributed by atoms with E-state index in [4.69, 9.17) is 19.3 Å². The highest BCUT2D eigenvalue weighted by Gasteiger charge is 2.08. The molecule has 2 aromatic carbocycles. The van der Waals surface area contributed by atoms with Gasteiger partial charge < -0.3 is 19.3 Å². The van der Waals surface area contributed by atoms with Gasteiger partial charge >= 0.3 is 0 Å². The molecule has 0 aromatic heterocycles. The fraction of sp³-hybridized carbons (Fsp3) is 0.238. The van der Waals surface area contributed by atoms with Gasteiger partial charge in [0.25, 0.3) is 0 Å². The van der Waals surface area contributed by atoms with Crippen LogP contribution in [0.1, 0.15) is 23.1 Å². The number of methoxy groups -OCH3 is 3. The highest BCUT2D eigenvalue weighted by Crippen LogP contribution is 2.30. The predicted molar refractivity (Wildman–Crippen MR) is 97.1 cm³/mol. The van der Waals surface area contributed by atoms with E-state index in [1.807, 2.05) is 24.3 Å². The molecule has 0 radical (unpaired) electrons. The fourth-order valence-corrected chi connectivity index (χ4v) is 2.11. The summed E-state index contributed by atoms with van der Waals surface area (Å²) < 4.78 is 15.8. The Hall–Kier alpha value is -3.08. The van der Waals surface area contributed by atoms with Crippen LogP contribution in [0.25, 0.3) is 0 Å². The largest absolute Gasteiger partial charge is 0.497 e. The maximum Gasteiger partial charge on any atom is 0.162 e. The van der Waals surface area contributed by atoms with Crippen molar-refractivity contribution in [1.82, 2.24) is 0 Å². The first-order chi connectivity index (χ1) is 12.2. The average Bonchev–Trinajstić information content (AvgIpc) is 2.67. The first-order valence-corrected chi connectivity index (χ1v) is 7.73. The van der Waals surface area contributed by atoms with Crippen LogP contribution in [-0.4, -0.2) is 33.0 Å². The van der Waals surface area contributed by atoms with Gasteiger partial charge in [0.2, 0.25) is 0 Å². The molecule has 0 aliphatic heterocycles. The van der Waals surface area contributed by atoms with Gasteiger partial charge in [-0.05, 0) is 24.3 Å². The molecule has 4 nitrogen and oxygen atoms in total. The first-order valence-electron chi connectivity index (χ1n) is 7.73. The van der Waals surface area contributed by atoms with Crippen molar-refractivity contribution in [3.8, 4) is 40.9 Å². The maximum absolute atomic E-state index is 8.91. The molecular weight excluding hydrogens is 316 g/mol. The maximum atomic E-state index is 8.91. The zero-order chi connectivity index (χ0) is 18.1. The number of ether oxygens (including phenoxy) is 3. The third kappa shape index (κ3) is 4.94. The Morgan fingerprint density at radius 1 is 0.800 bits per heavy atom. The highest BCUT2D eigenvalue weighted by molar-refractivity contribution is 5.59. The lowest BCUT2D eigenvalue weighted by Crippen LogP contribution is -1.94. The molecule has 4 heteroatoms. The van der Waals surface area contributed by atoms with Crippen LogP contribution < -0.4 is 14.2 Å². The standard InChI is InChI=1S/C21H20O4/c1-23-19-11-8-16(9-12-19)7-10-18-15-21(25-3)20(24-2)14-17(18)6-4-5-13-22/h8-9,11-12,14-15,22H,5,13H2,1-3H3. The van der Waals surface area contributed by atoms with Crippen LogP contribution >= 0.6 is 0 Å². The molecular formula is C21H20O4. The third-order valence-electron chi connectivity index (χ3n) is 3.42. The van der Waals surface area contributed by atoms with E-state index in [2.05, 4.69) is 23.7 Å². The predicted octanol–water partition coefficient (Wildman–Crippen LogP) is 2.85. The van der Waals surface area contributed by atoms with Gasteiger partial charge in [0.05, 0.1) is 27.9 Å². The van der Waals surface area contributed by atoms with Crippen LogP contribution in [0.4, 0.5) is 0 Å². The Labute approximate surface area is 148 Å². The molecule has 0 aliphatic carbocycles. The zero-order valence-electron chi connectivity index (χ0n) is 14.6. The molecule has 0 bridgehead atoms. The second-order valence-corrected chi connectivity index (χ2v) is 5.01. The molecule has 1 N–H and O–H groups in total. The number of rotatable bonds is 4. The van der Waals surface area contributed by atoms with Gasteiger partial charge in [-0.1, -0.05) is 23.7 Å². The molecule has 2 aromatic rings. The van der Waals surface area contributed by atoms with Crippen molar-refractivity contribution in [2.24, 2.45) is 0 Å². The first kappa shape index (κ1) is 18.3. The van der Waals surface area contributed by atoms with Crippen LogP contribution in [0.3, 0.4) is 0 Å². The molecule has 0 unspecified atom stereocenters. The van der Waals surface area contributed by atoms with Crippen LogP contribution in [0, 0.1) is 23.7 Å². The van der Waals surface area contributed by atoms with Crippen LogP contribution in [0.5, 0.6) is 17.2 Å². The summed E-state index contributed by atoms with van der Waals surface area (Å²) in [6, 6.07) is 11.1. The van der Waals surface area contributed by atoms with Gasteiger partial charge in [-0.25, -0.2) is 0 Å². The normalized spacial score (nSPS) is 9.28. The van der Waals surface area contributed by atoms with Gasteiger partial charge in [0, 0.05) is 35.2 Å². The summed E-state index contributed by atoms with van der Waals surface area (Å²) in [5.41, 5.74) is 2.33. The van der Waals surface area contributed by atoms with Gasteiger partial charge in [-0.3, -0.25) is 0 Å². The zero-order valence-corrected chi connectivity index (χ0v) is 14.6. The smallest absolute Gasteiger partial charge is 0.162 e. The second-order valence-electron chi connectivity index (χ2n) is 5.01. The Kier molecular flexibility index (Phi) is 6.77. The molecule has 0 amide bonds. The van der Waals surface area contributed by atoms with Crippen molar-refractivity contribution in [3.05, 3.63) is 53.1 Å². The summed E-state index contributed by atoms with van der Waals surface area (Å²) in [6.07, 6.45) is 0.402. The average molecular weight is 336 g/mol. The van der Waals surface area contributed by atoms with Gasteiger partial charge in [-0.15, -0.1) is 0 Å². The minimum absolute atomic E-state index is 0.0210. The van der Waals surface area contributed by atoms with E-state index in [9.17, 15) is 0 Å². The molecule has 0 heterocycles. The van der Waals surface area contributed by atoms with E-state index < -0.39 is 0 Å². The molecule has 0 saturated carbocycles. The minimum atomic E-state index is 0.0210. The molecule has 0 fully saturated rings. The number of hydrogen-bond acceptors (Lipinski definition) is 4. The van der Waals surface area contributed by atoms with E-state index in [1.165, 1.54) is 0 Å². The summed E-state index contributed by atoms with van der Waals surface area (Å²) in [5.74, 6) is 14.1. The lowest BCUT2D eigenvalue weighted by molar-refractivity contribution is 0.305. The Morgan fingerprint density at radius 2 is 1.40 bits per heavy atom. The Morgan fingerprint density at radius 3 is 1.92 bits per heavy atom.